The van der Waals surface area contributed by atoms with Crippen LogP contribution in [0.5, 0.6) is 0 Å². The molecule has 0 saturated carbocycles. The number of sulfone groups is 1. The number of amides is 1. The van der Waals surface area contributed by atoms with Crippen LogP contribution in [0.15, 0.2) is 57.9 Å². The molecular formula is C20H19FN2O4S. The SMILES string of the molecule is Cc1cc(-c2ccc(C)c(S(=O)(=O)CCC(=O)Nc3cccc(F)c3)c2)on1. The Morgan fingerprint density at radius 3 is 2.61 bits per heavy atom. The Bertz CT molecular complexity index is 1120. The van der Waals surface area contributed by atoms with Crippen LogP contribution in [-0.2, 0) is 14.6 Å². The van der Waals surface area contributed by atoms with Gasteiger partial charge >= 0.3 is 0 Å². The molecule has 1 heterocycles. The smallest absolute Gasteiger partial charge is 0.225 e. The molecule has 0 aliphatic rings. The molecule has 2 aromatic carbocycles. The third-order valence-electron chi connectivity index (χ3n) is 4.14. The minimum atomic E-state index is -3.71. The van der Waals surface area contributed by atoms with Gasteiger partial charge in [0.1, 0.15) is 5.82 Å². The van der Waals surface area contributed by atoms with Crippen LogP contribution < -0.4 is 5.32 Å². The fourth-order valence-corrected chi connectivity index (χ4v) is 4.25. The summed E-state index contributed by atoms with van der Waals surface area (Å²) in [5.74, 6) is -0.888. The minimum Gasteiger partial charge on any atom is -0.356 e. The van der Waals surface area contributed by atoms with E-state index in [2.05, 4.69) is 10.5 Å². The van der Waals surface area contributed by atoms with Crippen LogP contribution in [0.4, 0.5) is 10.1 Å². The van der Waals surface area contributed by atoms with Gasteiger partial charge in [-0.1, -0.05) is 23.4 Å². The van der Waals surface area contributed by atoms with E-state index in [1.54, 1.807) is 32.0 Å². The lowest BCUT2D eigenvalue weighted by Crippen LogP contribution is -2.18. The Kier molecular flexibility index (Phi) is 5.60. The zero-order valence-corrected chi connectivity index (χ0v) is 16.2. The monoisotopic (exact) mass is 402 g/mol. The number of halogens is 1. The number of hydrogen-bond donors (Lipinski definition) is 1. The molecule has 146 valence electrons. The average Bonchev–Trinajstić information content (AvgIpc) is 3.07. The van der Waals surface area contributed by atoms with Gasteiger partial charge in [-0.2, -0.15) is 0 Å². The van der Waals surface area contributed by atoms with Crippen molar-refractivity contribution in [3.63, 3.8) is 0 Å². The van der Waals surface area contributed by atoms with Crippen molar-refractivity contribution in [1.29, 1.82) is 0 Å². The number of hydrogen-bond acceptors (Lipinski definition) is 5. The predicted octanol–water partition coefficient (Wildman–Crippen LogP) is 3.90. The van der Waals surface area contributed by atoms with Crippen LogP contribution in [0.1, 0.15) is 17.7 Å². The first-order chi connectivity index (χ1) is 13.2. The average molecular weight is 402 g/mol. The van der Waals surface area contributed by atoms with E-state index >= 15 is 0 Å². The molecule has 1 aromatic heterocycles. The molecule has 0 aliphatic carbocycles. The highest BCUT2D eigenvalue weighted by molar-refractivity contribution is 7.91. The van der Waals surface area contributed by atoms with E-state index in [4.69, 9.17) is 4.52 Å². The number of carbonyl (C=O) groups is 1. The van der Waals surface area contributed by atoms with Gasteiger partial charge in [0.2, 0.25) is 5.91 Å². The van der Waals surface area contributed by atoms with Crippen molar-refractivity contribution < 1.29 is 22.1 Å². The summed E-state index contributed by atoms with van der Waals surface area (Å²) in [6, 6.07) is 12.1. The van der Waals surface area contributed by atoms with Crippen molar-refractivity contribution >= 4 is 21.4 Å². The van der Waals surface area contributed by atoms with Crippen LogP contribution in [0, 0.1) is 19.7 Å². The van der Waals surface area contributed by atoms with Crippen molar-refractivity contribution in [2.24, 2.45) is 0 Å². The molecule has 6 nitrogen and oxygen atoms in total. The second-order valence-corrected chi connectivity index (χ2v) is 8.52. The molecule has 3 rings (SSSR count). The van der Waals surface area contributed by atoms with Gasteiger partial charge in [-0.25, -0.2) is 12.8 Å². The van der Waals surface area contributed by atoms with E-state index in [0.29, 0.717) is 22.6 Å². The fourth-order valence-electron chi connectivity index (χ4n) is 2.71. The second kappa shape index (κ2) is 7.93. The minimum absolute atomic E-state index is 0.137. The molecule has 0 fully saturated rings. The Balaban J connectivity index is 1.74. The van der Waals surface area contributed by atoms with Crippen LogP contribution >= 0.6 is 0 Å². The largest absolute Gasteiger partial charge is 0.356 e. The first kappa shape index (κ1) is 19.8. The summed E-state index contributed by atoms with van der Waals surface area (Å²) in [4.78, 5) is 12.2. The Labute approximate surface area is 162 Å². The van der Waals surface area contributed by atoms with E-state index in [1.165, 1.54) is 30.3 Å². The highest BCUT2D eigenvalue weighted by atomic mass is 32.2. The third-order valence-corrected chi connectivity index (χ3v) is 5.99. The summed E-state index contributed by atoms with van der Waals surface area (Å²) in [5.41, 5.74) is 2.13. The van der Waals surface area contributed by atoms with E-state index in [-0.39, 0.29) is 22.8 Å². The summed E-state index contributed by atoms with van der Waals surface area (Å²) < 4.78 is 43.9. The van der Waals surface area contributed by atoms with Crippen molar-refractivity contribution in [2.75, 3.05) is 11.1 Å². The van der Waals surface area contributed by atoms with Crippen LogP contribution in [0.2, 0.25) is 0 Å². The molecule has 0 spiro atoms. The van der Waals surface area contributed by atoms with Gasteiger partial charge in [0, 0.05) is 23.7 Å². The van der Waals surface area contributed by atoms with E-state index in [0.717, 1.165) is 0 Å². The standard InChI is InChI=1S/C20H19FN2O4S/c1-13-6-7-15(18-10-14(2)23-27-18)11-19(13)28(25,26)9-8-20(24)22-17-5-3-4-16(21)12-17/h3-7,10-12H,8-9H2,1-2H3,(H,22,24). The van der Waals surface area contributed by atoms with Gasteiger partial charge in [-0.3, -0.25) is 4.79 Å². The molecular weight excluding hydrogens is 383 g/mol. The van der Waals surface area contributed by atoms with Crippen molar-refractivity contribution in [2.45, 2.75) is 25.2 Å². The normalized spacial score (nSPS) is 11.4. The van der Waals surface area contributed by atoms with Gasteiger partial charge in [-0.05, 0) is 43.7 Å². The molecule has 0 aliphatic heterocycles. The van der Waals surface area contributed by atoms with Crippen molar-refractivity contribution in [3.05, 3.63) is 65.6 Å². The predicted molar refractivity (Wildman–Crippen MR) is 103 cm³/mol. The first-order valence-electron chi connectivity index (χ1n) is 8.57. The number of rotatable bonds is 6. The molecule has 3 aromatic rings. The van der Waals surface area contributed by atoms with E-state index < -0.39 is 21.6 Å². The zero-order valence-electron chi connectivity index (χ0n) is 15.4. The van der Waals surface area contributed by atoms with Gasteiger partial charge < -0.3 is 9.84 Å². The number of benzene rings is 2. The third kappa shape index (κ3) is 4.64. The highest BCUT2D eigenvalue weighted by Crippen LogP contribution is 2.26. The summed E-state index contributed by atoms with van der Waals surface area (Å²) in [6.45, 7) is 3.46. The molecule has 0 unspecified atom stereocenters. The molecule has 1 amide bonds. The second-order valence-electron chi connectivity index (χ2n) is 6.44. The summed E-state index contributed by atoms with van der Waals surface area (Å²) >= 11 is 0. The maximum atomic E-state index is 13.2. The summed E-state index contributed by atoms with van der Waals surface area (Å²) in [7, 11) is -3.71. The number of anilines is 1. The van der Waals surface area contributed by atoms with Crippen molar-refractivity contribution in [3.8, 4) is 11.3 Å². The van der Waals surface area contributed by atoms with Crippen LogP contribution in [-0.4, -0.2) is 25.2 Å². The quantitative estimate of drug-likeness (QED) is 0.675. The van der Waals surface area contributed by atoms with Crippen molar-refractivity contribution in [1.82, 2.24) is 5.16 Å². The number of carbonyl (C=O) groups excluding carboxylic acids is 1. The first-order valence-corrected chi connectivity index (χ1v) is 10.2. The maximum absolute atomic E-state index is 13.2. The number of nitrogens with one attached hydrogen (secondary N) is 1. The van der Waals surface area contributed by atoms with Crippen LogP contribution in [0.3, 0.4) is 0 Å². The molecule has 1 N–H and O–H groups in total. The van der Waals surface area contributed by atoms with Gasteiger partial charge in [0.05, 0.1) is 16.3 Å². The summed E-state index contributed by atoms with van der Waals surface area (Å²) in [6.07, 6.45) is -0.246. The molecule has 8 heteroatoms. The Morgan fingerprint density at radius 1 is 1.14 bits per heavy atom. The molecule has 28 heavy (non-hydrogen) atoms. The van der Waals surface area contributed by atoms with Gasteiger partial charge in [0.15, 0.2) is 15.6 Å². The summed E-state index contributed by atoms with van der Waals surface area (Å²) in [5, 5.41) is 6.30. The van der Waals surface area contributed by atoms with E-state index in [1.807, 2.05) is 0 Å². The molecule has 0 bridgehead atoms. The lowest BCUT2D eigenvalue weighted by Gasteiger charge is -2.10. The Hall–Kier alpha value is -3.00. The lowest BCUT2D eigenvalue weighted by atomic mass is 10.1. The zero-order chi connectivity index (χ0) is 20.3. The topological polar surface area (TPSA) is 89.3 Å². The lowest BCUT2D eigenvalue weighted by molar-refractivity contribution is -0.115. The van der Waals surface area contributed by atoms with E-state index in [9.17, 15) is 17.6 Å². The molecule has 0 saturated heterocycles. The maximum Gasteiger partial charge on any atom is 0.225 e. The Morgan fingerprint density at radius 2 is 1.93 bits per heavy atom. The molecule has 0 radical (unpaired) electrons. The molecule has 0 atom stereocenters. The fraction of sp³-hybridized carbons (Fsp3) is 0.200. The number of aromatic nitrogens is 1. The van der Waals surface area contributed by atoms with Crippen LogP contribution in [0.25, 0.3) is 11.3 Å². The number of aryl methyl sites for hydroxylation is 2. The van der Waals surface area contributed by atoms with Gasteiger partial charge in [-0.15, -0.1) is 0 Å². The highest BCUT2D eigenvalue weighted by Gasteiger charge is 2.20. The van der Waals surface area contributed by atoms with Gasteiger partial charge in [0.25, 0.3) is 0 Å². The number of nitrogens with zero attached hydrogens (tertiary/aromatic N) is 1.